The van der Waals surface area contributed by atoms with Crippen molar-refractivity contribution in [3.8, 4) is 0 Å². The number of nitrogens with zero attached hydrogens (tertiary/aromatic N) is 1. The molecule has 0 spiro atoms. The van der Waals surface area contributed by atoms with Crippen LogP contribution in [0.25, 0.3) is 0 Å². The smallest absolute Gasteiger partial charge is 0.0917 e. The minimum absolute atomic E-state index is 0.138. The molecule has 1 aliphatic rings. The van der Waals surface area contributed by atoms with Crippen molar-refractivity contribution in [3.05, 3.63) is 5.21 Å². The zero-order chi connectivity index (χ0) is 7.56. The molecule has 60 valence electrons. The van der Waals surface area contributed by atoms with E-state index in [0.717, 1.165) is 0 Å². The molecule has 1 rings (SSSR count). The van der Waals surface area contributed by atoms with E-state index in [1.54, 1.807) is 5.01 Å². The third kappa shape index (κ3) is 1.65. The van der Waals surface area contributed by atoms with E-state index in [9.17, 15) is 5.21 Å². The summed E-state index contributed by atoms with van der Waals surface area (Å²) in [6.45, 7) is 5.21. The highest BCUT2D eigenvalue weighted by atomic mass is 16.8. The standard InChI is InChI=1S/C5H13N3O2/c1-5(2)7-3-4-10-6-8(7)9/h5-6,8H,3-4H2,1-2H3. The maximum absolute atomic E-state index is 10.9. The van der Waals surface area contributed by atoms with E-state index in [2.05, 4.69) is 5.59 Å². The topological polar surface area (TPSA) is 52.0 Å². The van der Waals surface area contributed by atoms with Crippen LogP contribution in [0.1, 0.15) is 13.8 Å². The zero-order valence-electron chi connectivity index (χ0n) is 6.26. The van der Waals surface area contributed by atoms with Gasteiger partial charge in [0, 0.05) is 0 Å². The van der Waals surface area contributed by atoms with E-state index < -0.39 is 0 Å². The molecule has 0 saturated carbocycles. The number of quaternary nitrogens is 1. The van der Waals surface area contributed by atoms with Crippen LogP contribution in [0, 0.1) is 5.21 Å². The summed E-state index contributed by atoms with van der Waals surface area (Å²) in [4.78, 5) is 4.72. The molecule has 0 aromatic rings. The van der Waals surface area contributed by atoms with Gasteiger partial charge < -0.3 is 5.21 Å². The van der Waals surface area contributed by atoms with E-state index in [1.165, 1.54) is 0 Å². The van der Waals surface area contributed by atoms with Crippen molar-refractivity contribution < 1.29 is 10.1 Å². The summed E-state index contributed by atoms with van der Waals surface area (Å²) in [5.74, 6) is 0. The summed E-state index contributed by atoms with van der Waals surface area (Å²) in [5.41, 5.74) is 2.30. The van der Waals surface area contributed by atoms with Gasteiger partial charge in [-0.15, -0.1) is 5.01 Å². The fourth-order valence-corrected chi connectivity index (χ4v) is 0.910. The highest BCUT2D eigenvalue weighted by Crippen LogP contribution is 1.90. The first-order chi connectivity index (χ1) is 4.72. The van der Waals surface area contributed by atoms with E-state index in [1.807, 2.05) is 13.8 Å². The van der Waals surface area contributed by atoms with Gasteiger partial charge in [-0.25, -0.2) is 0 Å². The van der Waals surface area contributed by atoms with Crippen LogP contribution >= 0.6 is 0 Å². The fourth-order valence-electron chi connectivity index (χ4n) is 0.910. The number of nitrogens with one attached hydrogen (secondary N) is 2. The first kappa shape index (κ1) is 7.90. The number of hydrogen-bond acceptors (Lipinski definition) is 4. The molecule has 5 heteroatoms. The molecule has 5 nitrogen and oxygen atoms in total. The van der Waals surface area contributed by atoms with Crippen LogP contribution in [0.4, 0.5) is 0 Å². The minimum atomic E-state index is -0.138. The summed E-state index contributed by atoms with van der Waals surface area (Å²) < 4.78 is 0. The molecular weight excluding hydrogens is 134 g/mol. The van der Waals surface area contributed by atoms with Gasteiger partial charge in [0.1, 0.15) is 0 Å². The monoisotopic (exact) mass is 147 g/mol. The second-order valence-electron chi connectivity index (χ2n) is 2.54. The summed E-state index contributed by atoms with van der Waals surface area (Å²) in [6.07, 6.45) is 0. The molecule has 1 saturated heterocycles. The van der Waals surface area contributed by atoms with Crippen LogP contribution < -0.4 is 10.9 Å². The molecule has 1 unspecified atom stereocenters. The maximum Gasteiger partial charge on any atom is 0.0917 e. The van der Waals surface area contributed by atoms with E-state index in [-0.39, 0.29) is 11.3 Å². The average Bonchev–Trinajstić information content (AvgIpc) is 1.88. The van der Waals surface area contributed by atoms with Crippen molar-refractivity contribution in [2.75, 3.05) is 13.2 Å². The second kappa shape index (κ2) is 3.27. The van der Waals surface area contributed by atoms with Crippen LogP contribution in [-0.4, -0.2) is 24.2 Å². The molecule has 1 aliphatic heterocycles. The molecule has 0 radical (unpaired) electrons. The normalized spacial score (nSPS) is 29.4. The van der Waals surface area contributed by atoms with Crippen LogP contribution in [0.15, 0.2) is 0 Å². The van der Waals surface area contributed by atoms with E-state index in [0.29, 0.717) is 13.2 Å². The summed E-state index contributed by atoms with van der Waals surface area (Å²) in [5, 5.41) is 12.5. The molecule has 0 aromatic carbocycles. The Bertz CT molecular complexity index is 109. The molecule has 1 fully saturated rings. The van der Waals surface area contributed by atoms with Crippen molar-refractivity contribution in [1.82, 2.24) is 10.6 Å². The maximum atomic E-state index is 10.9. The summed E-state index contributed by atoms with van der Waals surface area (Å²) >= 11 is 0. The molecule has 0 aromatic heterocycles. The largest absolute Gasteiger partial charge is 0.591 e. The highest BCUT2D eigenvalue weighted by molar-refractivity contribution is 4.50. The third-order valence-corrected chi connectivity index (χ3v) is 1.48. The quantitative estimate of drug-likeness (QED) is 0.441. The lowest BCUT2D eigenvalue weighted by molar-refractivity contribution is -1.05. The Hall–Kier alpha value is -0.200. The number of rotatable bonds is 1. The Morgan fingerprint density at radius 2 is 2.40 bits per heavy atom. The SMILES string of the molecule is CC(C)N1CCON[NH+]1[O-]. The van der Waals surface area contributed by atoms with Crippen LogP contribution in [0.5, 0.6) is 0 Å². The van der Waals surface area contributed by atoms with Gasteiger partial charge in [-0.05, 0) is 19.4 Å². The predicted molar refractivity (Wildman–Crippen MR) is 35.3 cm³/mol. The van der Waals surface area contributed by atoms with Crippen LogP contribution in [-0.2, 0) is 4.84 Å². The van der Waals surface area contributed by atoms with Crippen molar-refractivity contribution in [2.24, 2.45) is 0 Å². The minimum Gasteiger partial charge on any atom is -0.591 e. The number of hydrogen-bond donors (Lipinski definition) is 2. The Morgan fingerprint density at radius 1 is 1.70 bits per heavy atom. The van der Waals surface area contributed by atoms with Crippen LogP contribution in [0.3, 0.4) is 0 Å². The Kier molecular flexibility index (Phi) is 2.58. The Morgan fingerprint density at radius 3 is 2.80 bits per heavy atom. The van der Waals surface area contributed by atoms with Gasteiger partial charge in [-0.1, -0.05) is 0 Å². The summed E-state index contributed by atoms with van der Waals surface area (Å²) in [7, 11) is 0. The molecule has 2 N–H and O–H groups in total. The van der Waals surface area contributed by atoms with Gasteiger partial charge in [0.15, 0.2) is 0 Å². The van der Waals surface area contributed by atoms with Crippen LogP contribution in [0.2, 0.25) is 0 Å². The van der Waals surface area contributed by atoms with Crippen molar-refractivity contribution in [3.63, 3.8) is 0 Å². The molecule has 0 aliphatic carbocycles. The lowest BCUT2D eigenvalue weighted by Gasteiger charge is -2.37. The molecular formula is C5H13N3O2. The van der Waals surface area contributed by atoms with E-state index in [4.69, 9.17) is 4.84 Å². The molecule has 0 bridgehead atoms. The van der Waals surface area contributed by atoms with Crippen molar-refractivity contribution in [1.29, 1.82) is 0 Å². The first-order valence-corrected chi connectivity index (χ1v) is 3.40. The van der Waals surface area contributed by atoms with Gasteiger partial charge in [-0.3, -0.25) is 4.84 Å². The fraction of sp³-hybridized carbons (Fsp3) is 1.00. The van der Waals surface area contributed by atoms with Crippen molar-refractivity contribution >= 4 is 0 Å². The Labute approximate surface area is 60.0 Å². The van der Waals surface area contributed by atoms with Gasteiger partial charge in [0.25, 0.3) is 0 Å². The van der Waals surface area contributed by atoms with Gasteiger partial charge >= 0.3 is 0 Å². The third-order valence-electron chi connectivity index (χ3n) is 1.48. The molecule has 10 heavy (non-hydrogen) atoms. The van der Waals surface area contributed by atoms with Gasteiger partial charge in [0.05, 0.1) is 19.2 Å². The lowest BCUT2D eigenvalue weighted by Crippen LogP contribution is -3.22. The Balaban J connectivity index is 2.40. The van der Waals surface area contributed by atoms with E-state index >= 15 is 0 Å². The molecule has 1 atom stereocenters. The zero-order valence-corrected chi connectivity index (χ0v) is 6.26. The lowest BCUT2D eigenvalue weighted by atomic mass is 10.4. The molecule has 1 heterocycles. The molecule has 0 amide bonds. The first-order valence-electron chi connectivity index (χ1n) is 3.40. The summed E-state index contributed by atoms with van der Waals surface area (Å²) in [6, 6.07) is 0.254. The van der Waals surface area contributed by atoms with Gasteiger partial charge in [0.2, 0.25) is 0 Å². The van der Waals surface area contributed by atoms with Gasteiger partial charge in [-0.2, -0.15) is 5.28 Å². The highest BCUT2D eigenvalue weighted by Gasteiger charge is 2.20. The second-order valence-corrected chi connectivity index (χ2v) is 2.54. The van der Waals surface area contributed by atoms with Crippen molar-refractivity contribution in [2.45, 2.75) is 19.9 Å². The average molecular weight is 147 g/mol. The predicted octanol–water partition coefficient (Wildman–Crippen LogP) is -1.56.